The quantitative estimate of drug-likeness (QED) is 0.751. The van der Waals surface area contributed by atoms with Gasteiger partial charge in [-0.25, -0.2) is 0 Å². The lowest BCUT2D eigenvalue weighted by atomic mass is 9.96. The van der Waals surface area contributed by atoms with Gasteiger partial charge in [-0.1, -0.05) is 84.2 Å². The first-order valence-corrected chi connectivity index (χ1v) is 11.7. The van der Waals surface area contributed by atoms with Gasteiger partial charge in [-0.2, -0.15) is 0 Å². The Bertz CT molecular complexity index is 766. The van der Waals surface area contributed by atoms with Crippen LogP contribution in [0.3, 0.4) is 0 Å². The summed E-state index contributed by atoms with van der Waals surface area (Å²) in [4.78, 5) is 21.5. The molecule has 2 aliphatic rings. The zero-order valence-electron chi connectivity index (χ0n) is 15.9. The maximum Gasteiger partial charge on any atom is 0.233 e. The Labute approximate surface area is 175 Å². The van der Waals surface area contributed by atoms with E-state index < -0.39 is 0 Å². The summed E-state index contributed by atoms with van der Waals surface area (Å²) in [5.74, 6) is 1.79. The maximum atomic E-state index is 12.6. The highest BCUT2D eigenvalue weighted by Crippen LogP contribution is 2.29. The Morgan fingerprint density at radius 1 is 0.964 bits per heavy atom. The summed E-state index contributed by atoms with van der Waals surface area (Å²) in [6.45, 7) is 4.24. The van der Waals surface area contributed by atoms with Crippen molar-refractivity contribution in [1.29, 1.82) is 0 Å². The molecule has 0 atom stereocenters. The zero-order valence-corrected chi connectivity index (χ0v) is 17.5. The number of amides is 1. The normalized spacial score (nSPS) is 17.8. The van der Waals surface area contributed by atoms with Crippen molar-refractivity contribution in [2.24, 2.45) is 4.99 Å². The predicted molar refractivity (Wildman–Crippen MR) is 120 cm³/mol. The lowest BCUT2D eigenvalue weighted by Gasteiger charge is -2.39. The number of carbonyl (C=O) groups excluding carboxylic acids is 1. The molecule has 1 amide bonds. The van der Waals surface area contributed by atoms with Gasteiger partial charge in [0.1, 0.15) is 4.38 Å². The summed E-state index contributed by atoms with van der Waals surface area (Å²) in [6.07, 6.45) is 0. The van der Waals surface area contributed by atoms with E-state index in [1.165, 1.54) is 11.1 Å². The van der Waals surface area contributed by atoms with Crippen LogP contribution in [-0.4, -0.2) is 64.3 Å². The highest BCUT2D eigenvalue weighted by atomic mass is 32.2. The van der Waals surface area contributed by atoms with Gasteiger partial charge in [0.2, 0.25) is 5.91 Å². The first kappa shape index (κ1) is 19.6. The Balaban J connectivity index is 1.39. The van der Waals surface area contributed by atoms with Crippen molar-refractivity contribution in [3.63, 3.8) is 0 Å². The Hall–Kier alpha value is -1.76. The first-order chi connectivity index (χ1) is 13.8. The molecule has 6 heteroatoms. The fourth-order valence-electron chi connectivity index (χ4n) is 3.73. The standard InChI is InChI=1S/C22H25N3OS2/c26-20(17-28-22-23-11-16-27-22)24-12-14-25(15-13-24)21(18-7-3-1-4-8-18)19-9-5-2-6-10-19/h1-10,21H,11-17H2. The summed E-state index contributed by atoms with van der Waals surface area (Å²) >= 11 is 3.36. The minimum atomic E-state index is 0.232. The van der Waals surface area contributed by atoms with Crippen molar-refractivity contribution < 1.29 is 4.79 Å². The van der Waals surface area contributed by atoms with E-state index in [2.05, 4.69) is 70.6 Å². The van der Waals surface area contributed by atoms with Gasteiger partial charge in [0, 0.05) is 31.9 Å². The molecular weight excluding hydrogens is 386 g/mol. The van der Waals surface area contributed by atoms with E-state index in [1.54, 1.807) is 23.5 Å². The van der Waals surface area contributed by atoms with Gasteiger partial charge >= 0.3 is 0 Å². The molecule has 1 fully saturated rings. The van der Waals surface area contributed by atoms with Crippen LogP contribution in [0.2, 0.25) is 0 Å². The van der Waals surface area contributed by atoms with Crippen LogP contribution in [0.15, 0.2) is 65.7 Å². The van der Waals surface area contributed by atoms with Gasteiger partial charge < -0.3 is 4.90 Å². The van der Waals surface area contributed by atoms with Crippen molar-refractivity contribution in [3.05, 3.63) is 71.8 Å². The summed E-state index contributed by atoms with van der Waals surface area (Å²) < 4.78 is 1.07. The topological polar surface area (TPSA) is 35.9 Å². The SMILES string of the molecule is O=C(CSC1=NCCS1)N1CCN(C(c2ccccc2)c2ccccc2)CC1. The highest BCUT2D eigenvalue weighted by Gasteiger charge is 2.28. The molecule has 4 nitrogen and oxygen atoms in total. The van der Waals surface area contributed by atoms with Crippen molar-refractivity contribution in [1.82, 2.24) is 9.80 Å². The van der Waals surface area contributed by atoms with Gasteiger partial charge in [-0.15, -0.1) is 0 Å². The van der Waals surface area contributed by atoms with E-state index in [0.29, 0.717) is 5.75 Å². The predicted octanol–water partition coefficient (Wildman–Crippen LogP) is 3.76. The summed E-state index contributed by atoms with van der Waals surface area (Å²) in [6, 6.07) is 21.6. The zero-order chi connectivity index (χ0) is 19.2. The van der Waals surface area contributed by atoms with Gasteiger partial charge in [0.25, 0.3) is 0 Å². The molecule has 0 N–H and O–H groups in total. The van der Waals surface area contributed by atoms with Gasteiger partial charge in [0.05, 0.1) is 18.3 Å². The lowest BCUT2D eigenvalue weighted by molar-refractivity contribution is -0.130. The van der Waals surface area contributed by atoms with Gasteiger partial charge in [-0.05, 0) is 11.1 Å². The molecule has 2 aliphatic heterocycles. The number of rotatable bonds is 5. The number of carbonyl (C=O) groups is 1. The maximum absolute atomic E-state index is 12.6. The average Bonchev–Trinajstić information content (AvgIpc) is 3.28. The molecule has 0 unspecified atom stereocenters. The number of nitrogens with zero attached hydrogens (tertiary/aromatic N) is 3. The van der Waals surface area contributed by atoms with E-state index in [9.17, 15) is 4.79 Å². The summed E-state index contributed by atoms with van der Waals surface area (Å²) in [7, 11) is 0. The minimum Gasteiger partial charge on any atom is -0.339 e. The molecule has 0 saturated carbocycles. The Kier molecular flexibility index (Phi) is 6.73. The van der Waals surface area contributed by atoms with E-state index in [0.717, 1.165) is 42.9 Å². The molecule has 0 bridgehead atoms. The molecule has 146 valence electrons. The van der Waals surface area contributed by atoms with Gasteiger partial charge in [-0.3, -0.25) is 14.7 Å². The van der Waals surface area contributed by atoms with E-state index in [-0.39, 0.29) is 11.9 Å². The third kappa shape index (κ3) is 4.80. The molecule has 2 aromatic carbocycles. The van der Waals surface area contributed by atoms with Crippen LogP contribution in [0, 0.1) is 0 Å². The Morgan fingerprint density at radius 3 is 2.11 bits per heavy atom. The second-order valence-corrected chi connectivity index (χ2v) is 9.23. The number of thioether (sulfide) groups is 2. The van der Waals surface area contributed by atoms with Crippen LogP contribution in [0.1, 0.15) is 17.2 Å². The number of benzene rings is 2. The van der Waals surface area contributed by atoms with Crippen LogP contribution in [0.4, 0.5) is 0 Å². The molecule has 4 rings (SSSR count). The summed E-state index contributed by atoms with van der Waals surface area (Å²) in [5, 5.41) is 0. The van der Waals surface area contributed by atoms with E-state index >= 15 is 0 Å². The summed E-state index contributed by atoms with van der Waals surface area (Å²) in [5.41, 5.74) is 2.61. The number of hydrogen-bond donors (Lipinski definition) is 0. The molecule has 1 saturated heterocycles. The lowest BCUT2D eigenvalue weighted by Crippen LogP contribution is -2.50. The van der Waals surface area contributed by atoms with E-state index in [1.807, 2.05) is 4.90 Å². The van der Waals surface area contributed by atoms with E-state index in [4.69, 9.17) is 0 Å². The molecule has 0 aromatic heterocycles. The van der Waals surface area contributed by atoms with Crippen LogP contribution in [0.5, 0.6) is 0 Å². The van der Waals surface area contributed by atoms with Gasteiger partial charge in [0.15, 0.2) is 0 Å². The number of hydrogen-bond acceptors (Lipinski definition) is 5. The smallest absolute Gasteiger partial charge is 0.233 e. The van der Waals surface area contributed by atoms with Crippen molar-refractivity contribution in [3.8, 4) is 0 Å². The van der Waals surface area contributed by atoms with Crippen molar-refractivity contribution in [2.75, 3.05) is 44.2 Å². The Morgan fingerprint density at radius 2 is 1.57 bits per heavy atom. The van der Waals surface area contributed by atoms with Crippen molar-refractivity contribution in [2.45, 2.75) is 6.04 Å². The molecule has 0 spiro atoms. The third-order valence-electron chi connectivity index (χ3n) is 5.14. The van der Waals surface area contributed by atoms with Crippen molar-refractivity contribution >= 4 is 33.8 Å². The molecule has 2 aromatic rings. The second kappa shape index (κ2) is 9.63. The number of piperazine rings is 1. The molecule has 2 heterocycles. The van der Waals surface area contributed by atoms with Crippen LogP contribution in [0.25, 0.3) is 0 Å². The highest BCUT2D eigenvalue weighted by molar-refractivity contribution is 8.39. The average molecular weight is 412 g/mol. The van der Waals surface area contributed by atoms with Crippen LogP contribution >= 0.6 is 23.5 Å². The minimum absolute atomic E-state index is 0.232. The molecule has 28 heavy (non-hydrogen) atoms. The van der Waals surface area contributed by atoms with Crippen LogP contribution in [-0.2, 0) is 4.79 Å². The fraction of sp³-hybridized carbons (Fsp3) is 0.364. The number of aliphatic imine (C=N–C) groups is 1. The largest absolute Gasteiger partial charge is 0.339 e. The van der Waals surface area contributed by atoms with Crippen LogP contribution < -0.4 is 0 Å². The second-order valence-electron chi connectivity index (χ2n) is 6.93. The third-order valence-corrected chi connectivity index (χ3v) is 7.38. The first-order valence-electron chi connectivity index (χ1n) is 9.73. The molecule has 0 aliphatic carbocycles. The monoisotopic (exact) mass is 411 g/mol. The fourth-order valence-corrected chi connectivity index (χ4v) is 5.64. The molecular formula is C22H25N3OS2. The molecule has 0 radical (unpaired) electrons.